The van der Waals surface area contributed by atoms with Crippen LogP contribution in [0.2, 0.25) is 0 Å². The summed E-state index contributed by atoms with van der Waals surface area (Å²) in [5, 5.41) is 3.12. The molecule has 0 spiro atoms. The Morgan fingerprint density at radius 2 is 1.78 bits per heavy atom. The number of carbonyl (C=O) groups is 1. The van der Waals surface area contributed by atoms with Gasteiger partial charge in [-0.2, -0.15) is 4.98 Å². The summed E-state index contributed by atoms with van der Waals surface area (Å²) in [6.07, 6.45) is 1.49. The molecule has 0 saturated heterocycles. The standard InChI is InChI=1S/C29H38N6O2/c1-7-30-28-31-19-24-26(32-28)33(5)17-18-35(27(24)36)22-13-15-23(16-14-22)37-25(20-34(6)29(2,3)4)21-11-9-8-10-12-21/h8-16,19,25H,7,17-18,20H2,1-6H3,(H,30,31,32). The van der Waals surface area contributed by atoms with Crippen molar-refractivity contribution < 1.29 is 9.53 Å². The maximum Gasteiger partial charge on any atom is 0.263 e. The normalized spacial score (nSPS) is 14.8. The van der Waals surface area contributed by atoms with Gasteiger partial charge in [-0.3, -0.25) is 9.69 Å². The second-order valence-electron chi connectivity index (χ2n) is 10.4. The first-order valence-electron chi connectivity index (χ1n) is 12.8. The van der Waals surface area contributed by atoms with Crippen molar-refractivity contribution in [2.24, 2.45) is 0 Å². The van der Waals surface area contributed by atoms with Crippen LogP contribution in [0.4, 0.5) is 17.5 Å². The number of likely N-dealkylation sites (N-methyl/N-ethyl adjacent to an activating group) is 2. The van der Waals surface area contributed by atoms with Crippen LogP contribution in [0.3, 0.4) is 0 Å². The van der Waals surface area contributed by atoms with Crippen LogP contribution in [0.5, 0.6) is 5.75 Å². The number of nitrogens with zero attached hydrogens (tertiary/aromatic N) is 5. The molecule has 2 aromatic carbocycles. The lowest BCUT2D eigenvalue weighted by molar-refractivity contribution is 0.0935. The zero-order valence-corrected chi connectivity index (χ0v) is 22.7. The van der Waals surface area contributed by atoms with Crippen LogP contribution in [0.15, 0.2) is 60.8 Å². The van der Waals surface area contributed by atoms with Crippen molar-refractivity contribution in [2.45, 2.75) is 39.3 Å². The highest BCUT2D eigenvalue weighted by Crippen LogP contribution is 2.30. The summed E-state index contributed by atoms with van der Waals surface area (Å²) in [5.74, 6) is 1.83. The van der Waals surface area contributed by atoms with Gasteiger partial charge in [0.1, 0.15) is 23.2 Å². The Hall–Kier alpha value is -3.65. The van der Waals surface area contributed by atoms with Crippen molar-refractivity contribution in [2.75, 3.05) is 55.4 Å². The summed E-state index contributed by atoms with van der Waals surface area (Å²) >= 11 is 0. The van der Waals surface area contributed by atoms with Gasteiger partial charge in [0.25, 0.3) is 5.91 Å². The fraction of sp³-hybridized carbons (Fsp3) is 0.414. The van der Waals surface area contributed by atoms with Crippen LogP contribution < -0.4 is 19.9 Å². The van der Waals surface area contributed by atoms with Gasteiger partial charge in [-0.15, -0.1) is 0 Å². The smallest absolute Gasteiger partial charge is 0.263 e. The Balaban J connectivity index is 1.55. The van der Waals surface area contributed by atoms with Crippen LogP contribution in [0.25, 0.3) is 0 Å². The largest absolute Gasteiger partial charge is 0.484 e. The summed E-state index contributed by atoms with van der Waals surface area (Å²) < 4.78 is 6.49. The van der Waals surface area contributed by atoms with Gasteiger partial charge in [0.2, 0.25) is 5.95 Å². The molecule has 1 aromatic heterocycles. The van der Waals surface area contributed by atoms with E-state index in [-0.39, 0.29) is 17.6 Å². The lowest BCUT2D eigenvalue weighted by Gasteiger charge is -2.35. The number of ether oxygens (including phenoxy) is 1. The zero-order chi connectivity index (χ0) is 26.6. The minimum atomic E-state index is -0.125. The monoisotopic (exact) mass is 502 g/mol. The topological polar surface area (TPSA) is 73.8 Å². The first kappa shape index (κ1) is 26.4. The molecule has 0 aliphatic carbocycles. The zero-order valence-electron chi connectivity index (χ0n) is 22.7. The highest BCUT2D eigenvalue weighted by molar-refractivity contribution is 6.09. The van der Waals surface area contributed by atoms with Gasteiger partial charge in [0.05, 0.1) is 0 Å². The van der Waals surface area contributed by atoms with Crippen LogP contribution in [-0.2, 0) is 0 Å². The van der Waals surface area contributed by atoms with E-state index in [0.29, 0.717) is 37.0 Å². The second-order valence-corrected chi connectivity index (χ2v) is 10.4. The molecule has 0 saturated carbocycles. The van der Waals surface area contributed by atoms with E-state index in [1.54, 1.807) is 11.1 Å². The van der Waals surface area contributed by atoms with Gasteiger partial charge in [0, 0.05) is 50.6 Å². The predicted molar refractivity (Wildman–Crippen MR) is 150 cm³/mol. The summed E-state index contributed by atoms with van der Waals surface area (Å²) in [6.45, 7) is 11.3. The Morgan fingerprint density at radius 1 is 1.08 bits per heavy atom. The summed E-state index contributed by atoms with van der Waals surface area (Å²) in [6, 6.07) is 18.1. The molecular weight excluding hydrogens is 464 g/mol. The molecule has 1 aliphatic rings. The molecule has 3 aromatic rings. The van der Waals surface area contributed by atoms with Gasteiger partial charge in [-0.05, 0) is 64.6 Å². The number of amides is 1. The predicted octanol–water partition coefficient (Wildman–Crippen LogP) is 4.86. The van der Waals surface area contributed by atoms with Gasteiger partial charge in [0.15, 0.2) is 0 Å². The van der Waals surface area contributed by atoms with Crippen molar-refractivity contribution in [1.82, 2.24) is 14.9 Å². The second kappa shape index (κ2) is 11.2. The van der Waals surface area contributed by atoms with E-state index in [1.807, 2.05) is 61.3 Å². The minimum absolute atomic E-state index is 0.0217. The van der Waals surface area contributed by atoms with Crippen molar-refractivity contribution in [1.29, 1.82) is 0 Å². The molecule has 0 bridgehead atoms. The maximum absolute atomic E-state index is 13.5. The highest BCUT2D eigenvalue weighted by Gasteiger charge is 2.28. The fourth-order valence-corrected chi connectivity index (χ4v) is 4.18. The molecule has 196 valence electrons. The number of nitrogens with one attached hydrogen (secondary N) is 1. The molecule has 37 heavy (non-hydrogen) atoms. The van der Waals surface area contributed by atoms with Crippen LogP contribution in [0.1, 0.15) is 49.7 Å². The first-order valence-corrected chi connectivity index (χ1v) is 12.8. The van der Waals surface area contributed by atoms with Gasteiger partial charge in [-0.1, -0.05) is 30.3 Å². The maximum atomic E-state index is 13.5. The number of benzene rings is 2. The lowest BCUT2D eigenvalue weighted by Crippen LogP contribution is -2.41. The highest BCUT2D eigenvalue weighted by atomic mass is 16.5. The van der Waals surface area contributed by atoms with Crippen LogP contribution in [-0.4, -0.2) is 66.6 Å². The molecule has 1 amide bonds. The molecular formula is C29H38N6O2. The number of aromatic nitrogens is 2. The summed E-state index contributed by atoms with van der Waals surface area (Å²) in [4.78, 5) is 28.5. The Kier molecular flexibility index (Phi) is 7.97. The third-order valence-electron chi connectivity index (χ3n) is 6.78. The number of hydrogen-bond acceptors (Lipinski definition) is 7. The molecule has 2 heterocycles. The average Bonchev–Trinajstić information content (AvgIpc) is 3.00. The third-order valence-corrected chi connectivity index (χ3v) is 6.78. The van der Waals surface area contributed by atoms with E-state index in [2.05, 4.69) is 60.1 Å². The van der Waals surface area contributed by atoms with Crippen LogP contribution >= 0.6 is 0 Å². The Morgan fingerprint density at radius 3 is 2.43 bits per heavy atom. The molecule has 1 atom stereocenters. The van der Waals surface area contributed by atoms with Crippen molar-refractivity contribution in [3.63, 3.8) is 0 Å². The van der Waals surface area contributed by atoms with Gasteiger partial charge in [-0.25, -0.2) is 4.98 Å². The van der Waals surface area contributed by atoms with E-state index in [9.17, 15) is 4.79 Å². The third kappa shape index (κ3) is 6.20. The van der Waals surface area contributed by atoms with Crippen molar-refractivity contribution in [3.8, 4) is 5.75 Å². The number of fused-ring (bicyclic) bond motifs is 1. The lowest BCUT2D eigenvalue weighted by atomic mass is 10.0. The summed E-state index contributed by atoms with van der Waals surface area (Å²) in [7, 11) is 4.07. The molecule has 8 heteroatoms. The van der Waals surface area contributed by atoms with Crippen LogP contribution in [0, 0.1) is 0 Å². The van der Waals surface area contributed by atoms with Gasteiger partial charge >= 0.3 is 0 Å². The number of anilines is 3. The quantitative estimate of drug-likeness (QED) is 0.472. The van der Waals surface area contributed by atoms with Crippen molar-refractivity contribution in [3.05, 3.63) is 71.9 Å². The molecule has 1 aliphatic heterocycles. The van der Waals surface area contributed by atoms with E-state index < -0.39 is 0 Å². The molecule has 0 radical (unpaired) electrons. The number of hydrogen-bond donors (Lipinski definition) is 1. The van der Waals surface area contributed by atoms with Crippen molar-refractivity contribution >= 4 is 23.4 Å². The minimum Gasteiger partial charge on any atom is -0.484 e. The SMILES string of the molecule is CCNc1ncc2c(n1)N(C)CCN(c1ccc(OC(CN(C)C(C)(C)C)c3ccccc3)cc1)C2=O. The average molecular weight is 503 g/mol. The Labute approximate surface area is 220 Å². The molecule has 1 N–H and O–H groups in total. The number of carbonyl (C=O) groups excluding carboxylic acids is 1. The molecule has 0 fully saturated rings. The van der Waals surface area contributed by atoms with E-state index in [1.165, 1.54) is 0 Å². The van der Waals surface area contributed by atoms with E-state index in [4.69, 9.17) is 4.74 Å². The van der Waals surface area contributed by atoms with E-state index >= 15 is 0 Å². The first-order chi connectivity index (χ1) is 17.7. The molecule has 1 unspecified atom stereocenters. The summed E-state index contributed by atoms with van der Waals surface area (Å²) in [5.41, 5.74) is 2.46. The van der Waals surface area contributed by atoms with E-state index in [0.717, 1.165) is 23.5 Å². The Bertz CT molecular complexity index is 1190. The number of rotatable bonds is 8. The molecule has 8 nitrogen and oxygen atoms in total. The van der Waals surface area contributed by atoms with Gasteiger partial charge < -0.3 is 19.9 Å². The fourth-order valence-electron chi connectivity index (χ4n) is 4.18. The molecule has 4 rings (SSSR count).